The molecule has 1 unspecified atom stereocenters. The van der Waals surface area contributed by atoms with Crippen LogP contribution in [0.4, 0.5) is 0 Å². The maximum Gasteiger partial charge on any atom is 0.335 e. The van der Waals surface area contributed by atoms with E-state index in [4.69, 9.17) is 5.11 Å². The van der Waals surface area contributed by atoms with Gasteiger partial charge in [-0.15, -0.1) is 0 Å². The molecular weight excluding hydrogens is 344 g/mol. The van der Waals surface area contributed by atoms with Crippen LogP contribution in [0.2, 0.25) is 0 Å². The van der Waals surface area contributed by atoms with E-state index in [9.17, 15) is 14.4 Å². The lowest BCUT2D eigenvalue weighted by Gasteiger charge is -2.33. The second-order valence-corrected chi connectivity index (χ2v) is 7.65. The summed E-state index contributed by atoms with van der Waals surface area (Å²) < 4.78 is 0. The molecule has 0 bridgehead atoms. The van der Waals surface area contributed by atoms with Crippen molar-refractivity contribution in [3.8, 4) is 0 Å². The molecule has 0 spiro atoms. The van der Waals surface area contributed by atoms with Gasteiger partial charge in [-0.1, -0.05) is 25.0 Å². The SMILES string of the molecule is O=C(CCC(=O)N1CCCC(c2ccc(C(=O)O)cc2)C1)NC1CCCC1. The van der Waals surface area contributed by atoms with Gasteiger partial charge in [0.2, 0.25) is 11.8 Å². The Balaban J connectivity index is 1.48. The van der Waals surface area contributed by atoms with E-state index in [2.05, 4.69) is 5.32 Å². The highest BCUT2D eigenvalue weighted by Crippen LogP contribution is 2.27. The summed E-state index contributed by atoms with van der Waals surface area (Å²) in [4.78, 5) is 37.4. The first-order valence-corrected chi connectivity index (χ1v) is 9.93. The zero-order chi connectivity index (χ0) is 19.2. The number of nitrogens with zero attached hydrogens (tertiary/aromatic N) is 1. The van der Waals surface area contributed by atoms with Gasteiger partial charge in [-0.05, 0) is 43.4 Å². The first kappa shape index (κ1) is 19.4. The molecule has 1 aromatic carbocycles. The highest BCUT2D eigenvalue weighted by molar-refractivity contribution is 5.87. The summed E-state index contributed by atoms with van der Waals surface area (Å²) in [6.45, 7) is 1.36. The minimum Gasteiger partial charge on any atom is -0.478 e. The van der Waals surface area contributed by atoms with Crippen LogP contribution in [-0.2, 0) is 9.59 Å². The minimum atomic E-state index is -0.933. The number of carbonyl (C=O) groups excluding carboxylic acids is 2. The Kier molecular flexibility index (Phi) is 6.48. The zero-order valence-corrected chi connectivity index (χ0v) is 15.7. The Morgan fingerprint density at radius 2 is 1.70 bits per heavy atom. The molecule has 1 aliphatic carbocycles. The van der Waals surface area contributed by atoms with Gasteiger partial charge in [0, 0.05) is 37.9 Å². The molecule has 6 nitrogen and oxygen atoms in total. The summed E-state index contributed by atoms with van der Waals surface area (Å²) in [5.74, 6) is -0.702. The smallest absolute Gasteiger partial charge is 0.335 e. The van der Waals surface area contributed by atoms with Crippen molar-refractivity contribution in [1.82, 2.24) is 10.2 Å². The Morgan fingerprint density at radius 3 is 2.37 bits per heavy atom. The Hall–Kier alpha value is -2.37. The molecule has 6 heteroatoms. The van der Waals surface area contributed by atoms with Gasteiger partial charge in [-0.25, -0.2) is 4.79 Å². The van der Waals surface area contributed by atoms with Crippen molar-refractivity contribution in [3.63, 3.8) is 0 Å². The van der Waals surface area contributed by atoms with E-state index in [0.717, 1.165) is 37.8 Å². The van der Waals surface area contributed by atoms with Gasteiger partial charge < -0.3 is 15.3 Å². The zero-order valence-electron chi connectivity index (χ0n) is 15.7. The minimum absolute atomic E-state index is 0.0203. The second kappa shape index (κ2) is 9.02. The fraction of sp³-hybridized carbons (Fsp3) is 0.571. The molecule has 27 heavy (non-hydrogen) atoms. The van der Waals surface area contributed by atoms with Crippen LogP contribution in [-0.4, -0.2) is 46.9 Å². The number of piperidine rings is 1. The van der Waals surface area contributed by atoms with Crippen molar-refractivity contribution >= 4 is 17.8 Å². The fourth-order valence-electron chi connectivity index (χ4n) is 4.12. The van der Waals surface area contributed by atoms with Gasteiger partial charge in [-0.3, -0.25) is 9.59 Å². The summed E-state index contributed by atoms with van der Waals surface area (Å²) in [6.07, 6.45) is 6.86. The van der Waals surface area contributed by atoms with E-state index in [-0.39, 0.29) is 36.1 Å². The Morgan fingerprint density at radius 1 is 1.00 bits per heavy atom. The maximum absolute atomic E-state index is 12.5. The molecule has 2 fully saturated rings. The van der Waals surface area contributed by atoms with Crippen LogP contribution in [0.25, 0.3) is 0 Å². The van der Waals surface area contributed by atoms with Crippen LogP contribution >= 0.6 is 0 Å². The van der Waals surface area contributed by atoms with E-state index >= 15 is 0 Å². The molecule has 1 aliphatic heterocycles. The van der Waals surface area contributed by atoms with Gasteiger partial charge in [0.1, 0.15) is 0 Å². The largest absolute Gasteiger partial charge is 0.478 e. The molecule has 0 radical (unpaired) electrons. The van der Waals surface area contributed by atoms with E-state index in [1.807, 2.05) is 17.0 Å². The third-order valence-electron chi connectivity index (χ3n) is 5.69. The predicted octanol–water partition coefficient (Wildman–Crippen LogP) is 2.93. The number of nitrogens with one attached hydrogen (secondary N) is 1. The van der Waals surface area contributed by atoms with Crippen LogP contribution in [0.3, 0.4) is 0 Å². The Bertz CT molecular complexity index is 680. The number of rotatable bonds is 6. The maximum atomic E-state index is 12.5. The van der Waals surface area contributed by atoms with Crippen LogP contribution < -0.4 is 5.32 Å². The molecule has 2 N–H and O–H groups in total. The molecule has 1 saturated heterocycles. The molecule has 146 valence electrons. The molecule has 2 aliphatic rings. The summed E-state index contributed by atoms with van der Waals surface area (Å²) in [5.41, 5.74) is 1.34. The molecule has 3 rings (SSSR count). The Labute approximate surface area is 159 Å². The van der Waals surface area contributed by atoms with Crippen molar-refractivity contribution in [2.75, 3.05) is 13.1 Å². The number of carboxylic acids is 1. The summed E-state index contributed by atoms with van der Waals surface area (Å²) in [5, 5.41) is 12.0. The monoisotopic (exact) mass is 372 g/mol. The number of aromatic carboxylic acids is 1. The number of hydrogen-bond acceptors (Lipinski definition) is 3. The van der Waals surface area contributed by atoms with Gasteiger partial charge in [-0.2, -0.15) is 0 Å². The normalized spacial score (nSPS) is 20.4. The molecule has 2 amide bonds. The molecule has 1 aromatic rings. The number of carboxylic acid groups (broad SMARTS) is 1. The van der Waals surface area contributed by atoms with Gasteiger partial charge in [0.25, 0.3) is 0 Å². The van der Waals surface area contributed by atoms with Gasteiger partial charge in [0.15, 0.2) is 0 Å². The number of benzene rings is 1. The van der Waals surface area contributed by atoms with E-state index < -0.39 is 5.97 Å². The predicted molar refractivity (Wildman–Crippen MR) is 102 cm³/mol. The molecule has 1 heterocycles. The fourth-order valence-corrected chi connectivity index (χ4v) is 4.12. The number of hydrogen-bond donors (Lipinski definition) is 2. The topological polar surface area (TPSA) is 86.7 Å². The van der Waals surface area contributed by atoms with Gasteiger partial charge >= 0.3 is 5.97 Å². The first-order valence-electron chi connectivity index (χ1n) is 9.93. The summed E-state index contributed by atoms with van der Waals surface area (Å²) >= 11 is 0. The van der Waals surface area contributed by atoms with Crippen LogP contribution in [0.15, 0.2) is 24.3 Å². The lowest BCUT2D eigenvalue weighted by atomic mass is 9.90. The standard InChI is InChI=1S/C21H28N2O4/c24-19(22-18-5-1-2-6-18)11-12-20(25)23-13-3-4-17(14-23)15-7-9-16(10-8-15)21(26)27/h7-10,17-18H,1-6,11-14H2,(H,22,24)(H,26,27). The van der Waals surface area contributed by atoms with Crippen molar-refractivity contribution in [1.29, 1.82) is 0 Å². The van der Waals surface area contributed by atoms with E-state index in [0.29, 0.717) is 12.6 Å². The average Bonchev–Trinajstić information content (AvgIpc) is 3.19. The van der Waals surface area contributed by atoms with Crippen molar-refractivity contribution in [2.45, 2.75) is 63.3 Å². The molecule has 1 saturated carbocycles. The van der Waals surface area contributed by atoms with Crippen molar-refractivity contribution in [2.24, 2.45) is 0 Å². The van der Waals surface area contributed by atoms with Gasteiger partial charge in [0.05, 0.1) is 5.56 Å². The van der Waals surface area contributed by atoms with E-state index in [1.165, 1.54) is 12.8 Å². The number of amides is 2. The van der Waals surface area contributed by atoms with Crippen LogP contribution in [0.5, 0.6) is 0 Å². The quantitative estimate of drug-likeness (QED) is 0.804. The average molecular weight is 372 g/mol. The molecular formula is C21H28N2O4. The third-order valence-corrected chi connectivity index (χ3v) is 5.69. The van der Waals surface area contributed by atoms with Crippen molar-refractivity contribution in [3.05, 3.63) is 35.4 Å². The van der Waals surface area contributed by atoms with Crippen LogP contribution in [0.1, 0.15) is 73.2 Å². The third kappa shape index (κ3) is 5.31. The highest BCUT2D eigenvalue weighted by atomic mass is 16.4. The summed E-state index contributed by atoms with van der Waals surface area (Å²) in [6, 6.07) is 7.21. The highest BCUT2D eigenvalue weighted by Gasteiger charge is 2.25. The van der Waals surface area contributed by atoms with E-state index in [1.54, 1.807) is 12.1 Å². The number of likely N-dealkylation sites (tertiary alicyclic amines) is 1. The van der Waals surface area contributed by atoms with Crippen molar-refractivity contribution < 1.29 is 19.5 Å². The lowest BCUT2D eigenvalue weighted by Crippen LogP contribution is -2.40. The molecule has 1 atom stereocenters. The van der Waals surface area contributed by atoms with Crippen LogP contribution in [0, 0.1) is 0 Å². The lowest BCUT2D eigenvalue weighted by molar-refractivity contribution is -0.134. The first-order chi connectivity index (χ1) is 13.0. The molecule has 0 aromatic heterocycles. The summed E-state index contributed by atoms with van der Waals surface area (Å²) in [7, 11) is 0. The number of carbonyl (C=O) groups is 3. The second-order valence-electron chi connectivity index (χ2n) is 7.65.